The predicted octanol–water partition coefficient (Wildman–Crippen LogP) is 1.45. The highest BCUT2D eigenvalue weighted by atomic mass is 19.1. The molecule has 0 heterocycles. The minimum Gasteiger partial charge on any atom is -0.457 e. The standard InChI is InChI=1S/C9H8FO2/c10-9-4-2-1-3-8(9)5-6-12-7-11/h1-4H,5-6H2. The number of hydrogen-bond acceptors (Lipinski definition) is 2. The van der Waals surface area contributed by atoms with Crippen LogP contribution in [0.15, 0.2) is 24.3 Å². The van der Waals surface area contributed by atoms with E-state index < -0.39 is 0 Å². The Hall–Kier alpha value is -1.38. The Morgan fingerprint density at radius 2 is 2.17 bits per heavy atom. The Morgan fingerprint density at radius 3 is 2.83 bits per heavy atom. The Morgan fingerprint density at radius 1 is 1.42 bits per heavy atom. The summed E-state index contributed by atoms with van der Waals surface area (Å²) in [6.07, 6.45) is 0.391. The van der Waals surface area contributed by atoms with Crippen molar-refractivity contribution in [3.8, 4) is 0 Å². The van der Waals surface area contributed by atoms with Gasteiger partial charge >= 0.3 is 6.47 Å². The lowest BCUT2D eigenvalue weighted by Crippen LogP contribution is -1.98. The van der Waals surface area contributed by atoms with Crippen molar-refractivity contribution in [3.05, 3.63) is 35.6 Å². The first-order chi connectivity index (χ1) is 5.84. The molecular weight excluding hydrogens is 159 g/mol. The average Bonchev–Trinajstić information content (AvgIpc) is 2.09. The van der Waals surface area contributed by atoms with E-state index in [2.05, 4.69) is 4.74 Å². The molecule has 2 nitrogen and oxygen atoms in total. The molecule has 0 saturated heterocycles. The molecular formula is C9H8FO2. The minimum atomic E-state index is -0.271. The molecule has 0 saturated carbocycles. The van der Waals surface area contributed by atoms with Gasteiger partial charge in [-0.15, -0.1) is 0 Å². The lowest BCUT2D eigenvalue weighted by atomic mass is 10.1. The zero-order valence-corrected chi connectivity index (χ0v) is 6.42. The summed E-state index contributed by atoms with van der Waals surface area (Å²) in [6, 6.07) is 6.39. The van der Waals surface area contributed by atoms with Crippen LogP contribution in [0.1, 0.15) is 5.56 Å². The number of halogens is 1. The van der Waals surface area contributed by atoms with Gasteiger partial charge in [0.05, 0.1) is 6.61 Å². The van der Waals surface area contributed by atoms with E-state index in [1.807, 2.05) is 0 Å². The summed E-state index contributed by atoms with van der Waals surface area (Å²) < 4.78 is 17.2. The van der Waals surface area contributed by atoms with Crippen LogP contribution in [0.4, 0.5) is 4.39 Å². The van der Waals surface area contributed by atoms with Crippen molar-refractivity contribution in [2.45, 2.75) is 6.42 Å². The van der Waals surface area contributed by atoms with Crippen LogP contribution in [-0.4, -0.2) is 13.1 Å². The maximum absolute atomic E-state index is 12.9. The summed E-state index contributed by atoms with van der Waals surface area (Å²) in [5, 5.41) is 0. The lowest BCUT2D eigenvalue weighted by Gasteiger charge is -1.99. The van der Waals surface area contributed by atoms with Crippen LogP contribution >= 0.6 is 0 Å². The van der Waals surface area contributed by atoms with E-state index in [-0.39, 0.29) is 12.4 Å². The average molecular weight is 167 g/mol. The van der Waals surface area contributed by atoms with E-state index in [1.165, 1.54) is 12.5 Å². The van der Waals surface area contributed by atoms with Crippen molar-refractivity contribution >= 4 is 6.47 Å². The van der Waals surface area contributed by atoms with Gasteiger partial charge in [-0.05, 0) is 11.6 Å². The molecule has 63 valence electrons. The van der Waals surface area contributed by atoms with Gasteiger partial charge in [-0.2, -0.15) is 0 Å². The van der Waals surface area contributed by atoms with Crippen LogP contribution in [0.5, 0.6) is 0 Å². The summed E-state index contributed by atoms with van der Waals surface area (Å²) in [6.45, 7) is 1.46. The number of carbonyl (C=O) groups excluding carboxylic acids is 1. The van der Waals surface area contributed by atoms with E-state index in [0.29, 0.717) is 12.0 Å². The van der Waals surface area contributed by atoms with Crippen LogP contribution < -0.4 is 0 Å². The third kappa shape index (κ3) is 2.34. The Kier molecular flexibility index (Phi) is 3.26. The molecule has 0 aliphatic rings. The molecule has 0 fully saturated rings. The summed E-state index contributed by atoms with van der Waals surface area (Å²) in [5.41, 5.74) is 0.549. The smallest absolute Gasteiger partial charge is 0.417 e. The number of benzene rings is 1. The highest BCUT2D eigenvalue weighted by Crippen LogP contribution is 2.06. The quantitative estimate of drug-likeness (QED) is 0.634. The van der Waals surface area contributed by atoms with Gasteiger partial charge in [0.15, 0.2) is 0 Å². The number of ether oxygens (including phenoxy) is 1. The first kappa shape index (κ1) is 8.71. The summed E-state index contributed by atoms with van der Waals surface area (Å²) >= 11 is 0. The van der Waals surface area contributed by atoms with Crippen LogP contribution in [0.25, 0.3) is 0 Å². The summed E-state index contributed by atoms with van der Waals surface area (Å²) in [7, 11) is 0. The molecule has 1 rings (SSSR count). The van der Waals surface area contributed by atoms with Gasteiger partial charge in [-0.3, -0.25) is 0 Å². The highest BCUT2D eigenvalue weighted by Gasteiger charge is 1.99. The third-order valence-electron chi connectivity index (χ3n) is 1.49. The van der Waals surface area contributed by atoms with Crippen molar-refractivity contribution in [1.29, 1.82) is 0 Å². The van der Waals surface area contributed by atoms with Crippen LogP contribution in [0.3, 0.4) is 0 Å². The molecule has 0 bridgehead atoms. The topological polar surface area (TPSA) is 26.3 Å². The second-order valence-corrected chi connectivity index (χ2v) is 2.27. The molecule has 0 atom stereocenters. The fourth-order valence-corrected chi connectivity index (χ4v) is 0.904. The SMILES string of the molecule is O=[C]OCCc1ccccc1F. The molecule has 3 heteroatoms. The maximum atomic E-state index is 12.9. The first-order valence-electron chi connectivity index (χ1n) is 3.57. The molecule has 0 N–H and O–H groups in total. The summed E-state index contributed by atoms with van der Waals surface area (Å²) in [4.78, 5) is 9.64. The normalized spacial score (nSPS) is 9.42. The van der Waals surface area contributed by atoms with E-state index in [1.54, 1.807) is 18.2 Å². The van der Waals surface area contributed by atoms with Crippen molar-refractivity contribution in [2.24, 2.45) is 0 Å². The van der Waals surface area contributed by atoms with Crippen molar-refractivity contribution < 1.29 is 13.9 Å². The summed E-state index contributed by atoms with van der Waals surface area (Å²) in [5.74, 6) is -0.271. The Labute approximate surface area is 70.0 Å². The molecule has 0 aliphatic heterocycles. The molecule has 1 aromatic carbocycles. The van der Waals surface area contributed by atoms with Crippen molar-refractivity contribution in [2.75, 3.05) is 6.61 Å². The molecule has 1 radical (unpaired) electrons. The van der Waals surface area contributed by atoms with Gasteiger partial charge in [0.25, 0.3) is 0 Å². The monoisotopic (exact) mass is 167 g/mol. The fourth-order valence-electron chi connectivity index (χ4n) is 0.904. The van der Waals surface area contributed by atoms with E-state index in [4.69, 9.17) is 0 Å². The van der Waals surface area contributed by atoms with Gasteiger partial charge in [-0.25, -0.2) is 9.18 Å². The molecule has 0 amide bonds. The molecule has 0 aliphatic carbocycles. The first-order valence-corrected chi connectivity index (χ1v) is 3.57. The maximum Gasteiger partial charge on any atom is 0.417 e. The van der Waals surface area contributed by atoms with Gasteiger partial charge in [0.2, 0.25) is 0 Å². The second-order valence-electron chi connectivity index (χ2n) is 2.27. The zero-order valence-electron chi connectivity index (χ0n) is 6.42. The van der Waals surface area contributed by atoms with Gasteiger partial charge in [0.1, 0.15) is 5.82 Å². The fraction of sp³-hybridized carbons (Fsp3) is 0.222. The van der Waals surface area contributed by atoms with E-state index >= 15 is 0 Å². The largest absolute Gasteiger partial charge is 0.457 e. The van der Waals surface area contributed by atoms with Gasteiger partial charge < -0.3 is 4.74 Å². The van der Waals surface area contributed by atoms with Gasteiger partial charge in [-0.1, -0.05) is 18.2 Å². The lowest BCUT2D eigenvalue weighted by molar-refractivity contribution is 0.280. The minimum absolute atomic E-state index is 0.171. The molecule has 0 aromatic heterocycles. The van der Waals surface area contributed by atoms with Crippen LogP contribution in [0.2, 0.25) is 0 Å². The van der Waals surface area contributed by atoms with Crippen molar-refractivity contribution in [3.63, 3.8) is 0 Å². The van der Waals surface area contributed by atoms with Crippen LogP contribution in [-0.2, 0) is 16.0 Å². The highest BCUT2D eigenvalue weighted by molar-refractivity contribution is 5.38. The predicted molar refractivity (Wildman–Crippen MR) is 41.7 cm³/mol. The van der Waals surface area contributed by atoms with E-state index in [9.17, 15) is 9.18 Å². The molecule has 12 heavy (non-hydrogen) atoms. The van der Waals surface area contributed by atoms with Crippen LogP contribution in [0, 0.1) is 5.82 Å². The van der Waals surface area contributed by atoms with E-state index in [0.717, 1.165) is 0 Å². The second kappa shape index (κ2) is 4.49. The Balaban J connectivity index is 2.51. The Bertz CT molecular complexity index is 260. The molecule has 1 aromatic rings. The zero-order chi connectivity index (χ0) is 8.81. The number of rotatable bonds is 4. The van der Waals surface area contributed by atoms with Gasteiger partial charge in [0, 0.05) is 6.42 Å². The number of hydrogen-bond donors (Lipinski definition) is 0. The molecule has 0 unspecified atom stereocenters. The third-order valence-corrected chi connectivity index (χ3v) is 1.49. The van der Waals surface area contributed by atoms with Crippen molar-refractivity contribution in [1.82, 2.24) is 0 Å². The molecule has 0 spiro atoms.